The van der Waals surface area contributed by atoms with Crippen molar-refractivity contribution in [2.75, 3.05) is 19.1 Å². The Labute approximate surface area is 130 Å². The first-order chi connectivity index (χ1) is 9.49. The van der Waals surface area contributed by atoms with Crippen LogP contribution in [0.1, 0.15) is 16.8 Å². The van der Waals surface area contributed by atoms with Crippen molar-refractivity contribution in [1.82, 2.24) is 5.32 Å². The summed E-state index contributed by atoms with van der Waals surface area (Å²) in [7, 11) is 1.50. The maximum atomic E-state index is 12.1. The van der Waals surface area contributed by atoms with E-state index in [1.54, 1.807) is 18.2 Å². The standard InChI is InChI=1S/C13H16BrNO4S/c1-19-8-3-4-10(14)9(7-8)12(16)15-11(13(17)18)5-6-20-2/h3-4,7,11H,5-6H2,1-2H3,(H,15,16)(H,17,18)/t11-/m0/s1. The summed E-state index contributed by atoms with van der Waals surface area (Å²) in [5.41, 5.74) is 0.347. The molecule has 1 aromatic carbocycles. The van der Waals surface area contributed by atoms with Gasteiger partial charge in [0.1, 0.15) is 11.8 Å². The molecule has 7 heteroatoms. The van der Waals surface area contributed by atoms with E-state index in [-0.39, 0.29) is 0 Å². The number of carboxylic acids is 1. The van der Waals surface area contributed by atoms with Gasteiger partial charge >= 0.3 is 5.97 Å². The van der Waals surface area contributed by atoms with Crippen LogP contribution in [0.25, 0.3) is 0 Å². The second-order valence-electron chi connectivity index (χ2n) is 3.99. The van der Waals surface area contributed by atoms with Crippen molar-refractivity contribution in [3.8, 4) is 5.75 Å². The summed E-state index contributed by atoms with van der Waals surface area (Å²) in [4.78, 5) is 23.3. The first-order valence-corrected chi connectivity index (χ1v) is 8.04. The largest absolute Gasteiger partial charge is 0.497 e. The highest BCUT2D eigenvalue weighted by atomic mass is 79.9. The number of hydrogen-bond donors (Lipinski definition) is 2. The summed E-state index contributed by atoms with van der Waals surface area (Å²) in [6.07, 6.45) is 2.27. The van der Waals surface area contributed by atoms with E-state index in [1.165, 1.54) is 18.9 Å². The molecule has 0 aliphatic rings. The molecule has 0 unspecified atom stereocenters. The third-order valence-corrected chi connectivity index (χ3v) is 3.97. The summed E-state index contributed by atoms with van der Waals surface area (Å²) in [5.74, 6) is -0.277. The molecular formula is C13H16BrNO4S. The molecule has 1 rings (SSSR count). The van der Waals surface area contributed by atoms with E-state index in [9.17, 15) is 9.59 Å². The lowest BCUT2D eigenvalue weighted by Crippen LogP contribution is -2.41. The minimum atomic E-state index is -1.04. The second-order valence-corrected chi connectivity index (χ2v) is 5.83. The van der Waals surface area contributed by atoms with Gasteiger partial charge in [0.05, 0.1) is 12.7 Å². The van der Waals surface area contributed by atoms with Crippen molar-refractivity contribution in [3.05, 3.63) is 28.2 Å². The third-order valence-electron chi connectivity index (χ3n) is 2.63. The molecule has 0 heterocycles. The van der Waals surface area contributed by atoms with Crippen LogP contribution in [-0.2, 0) is 4.79 Å². The topological polar surface area (TPSA) is 75.6 Å². The summed E-state index contributed by atoms with van der Waals surface area (Å²) >= 11 is 4.81. The lowest BCUT2D eigenvalue weighted by molar-refractivity contribution is -0.139. The number of benzene rings is 1. The van der Waals surface area contributed by atoms with Crippen LogP contribution in [0.3, 0.4) is 0 Å². The highest BCUT2D eigenvalue weighted by Gasteiger charge is 2.21. The molecular weight excluding hydrogens is 346 g/mol. The number of nitrogens with one attached hydrogen (secondary N) is 1. The van der Waals surface area contributed by atoms with Gasteiger partial charge < -0.3 is 15.2 Å². The van der Waals surface area contributed by atoms with E-state index in [0.29, 0.717) is 28.0 Å². The van der Waals surface area contributed by atoms with Gasteiger partial charge in [-0.15, -0.1) is 0 Å². The quantitative estimate of drug-likeness (QED) is 0.779. The van der Waals surface area contributed by atoms with Crippen LogP contribution >= 0.6 is 27.7 Å². The number of carbonyl (C=O) groups is 2. The van der Waals surface area contributed by atoms with Crippen LogP contribution in [0.2, 0.25) is 0 Å². The van der Waals surface area contributed by atoms with Crippen molar-refractivity contribution in [2.24, 2.45) is 0 Å². The van der Waals surface area contributed by atoms with E-state index in [1.807, 2.05) is 6.26 Å². The highest BCUT2D eigenvalue weighted by molar-refractivity contribution is 9.10. The molecule has 1 aromatic rings. The molecule has 0 aliphatic carbocycles. The first-order valence-electron chi connectivity index (χ1n) is 5.85. The van der Waals surface area contributed by atoms with Gasteiger partial charge in [0.2, 0.25) is 0 Å². The number of thioether (sulfide) groups is 1. The van der Waals surface area contributed by atoms with Crippen LogP contribution < -0.4 is 10.1 Å². The number of amides is 1. The molecule has 2 N–H and O–H groups in total. The fraction of sp³-hybridized carbons (Fsp3) is 0.385. The van der Waals surface area contributed by atoms with Gasteiger partial charge in [-0.2, -0.15) is 11.8 Å². The number of rotatable bonds is 7. The molecule has 0 fully saturated rings. The molecule has 110 valence electrons. The predicted octanol–water partition coefficient (Wildman–Crippen LogP) is 2.39. The molecule has 0 aromatic heterocycles. The lowest BCUT2D eigenvalue weighted by atomic mass is 10.1. The number of carboxylic acid groups (broad SMARTS) is 1. The maximum Gasteiger partial charge on any atom is 0.326 e. The number of hydrogen-bond acceptors (Lipinski definition) is 4. The smallest absolute Gasteiger partial charge is 0.326 e. The fourth-order valence-electron chi connectivity index (χ4n) is 1.53. The van der Waals surface area contributed by atoms with Gasteiger partial charge in [-0.25, -0.2) is 4.79 Å². The molecule has 0 spiro atoms. The summed E-state index contributed by atoms with van der Waals surface area (Å²) in [6, 6.07) is 4.06. The number of carbonyl (C=O) groups excluding carboxylic acids is 1. The van der Waals surface area contributed by atoms with E-state index in [0.717, 1.165) is 0 Å². The summed E-state index contributed by atoms with van der Waals surface area (Å²) in [6.45, 7) is 0. The lowest BCUT2D eigenvalue weighted by Gasteiger charge is -2.15. The van der Waals surface area contributed by atoms with Crippen molar-refractivity contribution in [2.45, 2.75) is 12.5 Å². The monoisotopic (exact) mass is 361 g/mol. The Morgan fingerprint density at radius 1 is 1.50 bits per heavy atom. The molecule has 5 nitrogen and oxygen atoms in total. The van der Waals surface area contributed by atoms with Crippen molar-refractivity contribution in [3.63, 3.8) is 0 Å². The van der Waals surface area contributed by atoms with Crippen molar-refractivity contribution in [1.29, 1.82) is 0 Å². The summed E-state index contributed by atoms with van der Waals surface area (Å²) in [5, 5.41) is 11.6. The average molecular weight is 362 g/mol. The van der Waals surface area contributed by atoms with E-state index in [4.69, 9.17) is 9.84 Å². The normalized spacial score (nSPS) is 11.8. The zero-order valence-corrected chi connectivity index (χ0v) is 13.6. The van der Waals surface area contributed by atoms with Gasteiger partial charge in [-0.05, 0) is 52.6 Å². The predicted molar refractivity (Wildman–Crippen MR) is 82.6 cm³/mol. The Hall–Kier alpha value is -1.21. The average Bonchev–Trinajstić information content (AvgIpc) is 2.43. The molecule has 1 amide bonds. The summed E-state index contributed by atoms with van der Waals surface area (Å²) < 4.78 is 5.64. The molecule has 1 atom stereocenters. The minimum Gasteiger partial charge on any atom is -0.497 e. The first kappa shape index (κ1) is 16.8. The van der Waals surface area contributed by atoms with E-state index in [2.05, 4.69) is 21.2 Å². The number of aliphatic carboxylic acids is 1. The van der Waals surface area contributed by atoms with Crippen LogP contribution in [0.15, 0.2) is 22.7 Å². The van der Waals surface area contributed by atoms with E-state index >= 15 is 0 Å². The molecule has 20 heavy (non-hydrogen) atoms. The molecule has 0 bridgehead atoms. The van der Waals surface area contributed by atoms with Gasteiger partial charge in [-0.3, -0.25) is 4.79 Å². The van der Waals surface area contributed by atoms with Gasteiger partial charge in [-0.1, -0.05) is 0 Å². The molecule has 0 saturated carbocycles. The molecule has 0 aliphatic heterocycles. The minimum absolute atomic E-state index is 0.347. The van der Waals surface area contributed by atoms with Crippen LogP contribution in [0.5, 0.6) is 5.75 Å². The number of ether oxygens (including phenoxy) is 1. The third kappa shape index (κ3) is 4.72. The van der Waals surface area contributed by atoms with Gasteiger partial charge in [0.15, 0.2) is 0 Å². The van der Waals surface area contributed by atoms with Crippen molar-refractivity contribution >= 4 is 39.6 Å². The Balaban J connectivity index is 2.85. The zero-order chi connectivity index (χ0) is 15.1. The Morgan fingerprint density at radius 2 is 2.20 bits per heavy atom. The Kier molecular flexibility index (Phi) is 6.87. The zero-order valence-electron chi connectivity index (χ0n) is 11.2. The molecule has 0 saturated heterocycles. The fourth-order valence-corrected chi connectivity index (χ4v) is 2.43. The highest BCUT2D eigenvalue weighted by Crippen LogP contribution is 2.22. The second kappa shape index (κ2) is 8.16. The number of methoxy groups -OCH3 is 1. The van der Waals surface area contributed by atoms with Crippen LogP contribution in [0.4, 0.5) is 0 Å². The molecule has 0 radical (unpaired) electrons. The van der Waals surface area contributed by atoms with Crippen LogP contribution in [-0.4, -0.2) is 42.1 Å². The Bertz CT molecular complexity index is 495. The maximum absolute atomic E-state index is 12.1. The Morgan fingerprint density at radius 3 is 2.75 bits per heavy atom. The van der Waals surface area contributed by atoms with E-state index < -0.39 is 17.9 Å². The van der Waals surface area contributed by atoms with Crippen LogP contribution in [0, 0.1) is 0 Å². The number of halogens is 1. The van der Waals surface area contributed by atoms with Gasteiger partial charge in [0.25, 0.3) is 5.91 Å². The SMILES string of the molecule is COc1ccc(Br)c(C(=O)N[C@@H](CCSC)C(=O)O)c1. The van der Waals surface area contributed by atoms with Gasteiger partial charge in [0, 0.05) is 4.47 Å². The van der Waals surface area contributed by atoms with Crippen molar-refractivity contribution < 1.29 is 19.4 Å².